The standard InChI is InChI=1S/C22H25ClF2N8O4/c1-27-19-18(23)16(10-30-20(19)33(35)36)37-15(8-26)14-9-29-17(11-28-14)32(21(34)13-2-3-13)7-6-31-5-4-22(24,25)12-31/h8-11,13,27H,2-7,12,26H2,1H3/b15-8+. The Morgan fingerprint density at radius 3 is 2.68 bits per heavy atom. The van der Waals surface area contributed by atoms with E-state index in [4.69, 9.17) is 22.1 Å². The van der Waals surface area contributed by atoms with Gasteiger partial charge in [0.05, 0.1) is 18.9 Å². The third kappa shape index (κ3) is 6.02. The Hall–Kier alpha value is -3.65. The molecule has 0 spiro atoms. The van der Waals surface area contributed by atoms with Gasteiger partial charge in [-0.25, -0.2) is 18.7 Å². The Morgan fingerprint density at radius 1 is 1.38 bits per heavy atom. The summed E-state index contributed by atoms with van der Waals surface area (Å²) in [7, 11) is 1.45. The van der Waals surface area contributed by atoms with E-state index >= 15 is 0 Å². The van der Waals surface area contributed by atoms with E-state index in [0.717, 1.165) is 25.2 Å². The second kappa shape index (κ2) is 10.8. The minimum atomic E-state index is -2.71. The maximum Gasteiger partial charge on any atom is 0.388 e. The van der Waals surface area contributed by atoms with Crippen LogP contribution in [0.25, 0.3) is 5.76 Å². The fourth-order valence-electron chi connectivity index (χ4n) is 3.90. The van der Waals surface area contributed by atoms with E-state index in [1.807, 2.05) is 0 Å². The van der Waals surface area contributed by atoms with Gasteiger partial charge in [-0.2, -0.15) is 0 Å². The number of hydrogen-bond acceptors (Lipinski definition) is 10. The highest BCUT2D eigenvalue weighted by Gasteiger charge is 2.39. The van der Waals surface area contributed by atoms with Crippen LogP contribution in [0.3, 0.4) is 0 Å². The molecule has 2 fully saturated rings. The lowest BCUT2D eigenvalue weighted by Gasteiger charge is -2.24. The molecule has 0 unspecified atom stereocenters. The highest BCUT2D eigenvalue weighted by atomic mass is 35.5. The number of amides is 1. The molecule has 1 saturated carbocycles. The van der Waals surface area contributed by atoms with Gasteiger partial charge in [-0.05, 0) is 22.7 Å². The fraction of sp³-hybridized carbons (Fsp3) is 0.455. The van der Waals surface area contributed by atoms with Gasteiger partial charge in [0.15, 0.2) is 29.2 Å². The number of ether oxygens (including phenoxy) is 1. The van der Waals surface area contributed by atoms with Crippen molar-refractivity contribution < 1.29 is 23.2 Å². The van der Waals surface area contributed by atoms with Gasteiger partial charge >= 0.3 is 5.82 Å². The number of hydrogen-bond donors (Lipinski definition) is 2. The van der Waals surface area contributed by atoms with Gasteiger partial charge in [0, 0.05) is 45.2 Å². The van der Waals surface area contributed by atoms with Crippen molar-refractivity contribution in [2.24, 2.45) is 11.7 Å². The largest absolute Gasteiger partial charge is 0.448 e. The molecule has 15 heteroatoms. The molecule has 37 heavy (non-hydrogen) atoms. The van der Waals surface area contributed by atoms with Crippen LogP contribution in [0, 0.1) is 16.0 Å². The Bertz CT molecular complexity index is 1210. The molecular weight excluding hydrogens is 514 g/mol. The SMILES string of the molecule is CNc1c([N+](=O)[O-])ncc(O/C(=C/N)c2cnc(N(CCN3CCC(F)(F)C3)C(=O)C3CC3)cn2)c1Cl. The van der Waals surface area contributed by atoms with Crippen molar-refractivity contribution in [3.8, 4) is 5.75 Å². The summed E-state index contributed by atoms with van der Waals surface area (Å²) in [5, 5.41) is 13.7. The van der Waals surface area contributed by atoms with Crippen LogP contribution < -0.4 is 20.7 Å². The van der Waals surface area contributed by atoms with Crippen LogP contribution in [-0.2, 0) is 4.79 Å². The van der Waals surface area contributed by atoms with Crippen LogP contribution in [0.15, 0.2) is 24.8 Å². The summed E-state index contributed by atoms with van der Waals surface area (Å²) in [6.07, 6.45) is 6.26. The molecule has 2 aromatic heterocycles. The number of nitrogens with one attached hydrogen (secondary N) is 1. The number of carbonyl (C=O) groups excluding carboxylic acids is 1. The topological polar surface area (TPSA) is 153 Å². The summed E-state index contributed by atoms with van der Waals surface area (Å²) in [6, 6.07) is 0. The smallest absolute Gasteiger partial charge is 0.388 e. The average Bonchev–Trinajstić information content (AvgIpc) is 3.66. The second-order valence-corrected chi connectivity index (χ2v) is 9.06. The molecule has 12 nitrogen and oxygen atoms in total. The van der Waals surface area contributed by atoms with E-state index in [-0.39, 0.29) is 78.2 Å². The van der Waals surface area contributed by atoms with Gasteiger partial charge in [-0.15, -0.1) is 0 Å². The number of nitrogens with zero attached hydrogens (tertiary/aromatic N) is 6. The number of nitrogens with two attached hydrogens (primary N) is 1. The number of carbonyl (C=O) groups is 1. The Balaban J connectivity index is 1.50. The summed E-state index contributed by atoms with van der Waals surface area (Å²) in [5.74, 6) is -3.11. The number of likely N-dealkylation sites (tertiary alicyclic amines) is 1. The third-order valence-electron chi connectivity index (χ3n) is 6.01. The van der Waals surface area contributed by atoms with Crippen LogP contribution in [-0.4, -0.2) is 69.8 Å². The van der Waals surface area contributed by atoms with E-state index in [1.54, 1.807) is 4.90 Å². The molecule has 1 saturated heterocycles. The zero-order chi connectivity index (χ0) is 26.7. The zero-order valence-electron chi connectivity index (χ0n) is 19.9. The van der Waals surface area contributed by atoms with E-state index < -0.39 is 16.7 Å². The first-order chi connectivity index (χ1) is 17.6. The lowest BCUT2D eigenvalue weighted by Crippen LogP contribution is -2.40. The van der Waals surface area contributed by atoms with Crippen molar-refractivity contribution in [1.82, 2.24) is 19.9 Å². The summed E-state index contributed by atoms with van der Waals surface area (Å²) in [6.45, 7) is 0.418. The number of nitro groups is 1. The maximum atomic E-state index is 13.6. The first-order valence-corrected chi connectivity index (χ1v) is 11.9. The van der Waals surface area contributed by atoms with Gasteiger partial charge in [-0.1, -0.05) is 11.6 Å². The molecule has 0 radical (unpaired) electrons. The molecule has 1 aliphatic heterocycles. The fourth-order valence-corrected chi connectivity index (χ4v) is 4.17. The maximum absolute atomic E-state index is 13.6. The molecule has 1 aliphatic carbocycles. The van der Waals surface area contributed by atoms with Gasteiger partial charge in [-0.3, -0.25) is 14.6 Å². The van der Waals surface area contributed by atoms with Gasteiger partial charge in [0.25, 0.3) is 5.92 Å². The van der Waals surface area contributed by atoms with E-state index in [0.29, 0.717) is 0 Å². The Labute approximate surface area is 215 Å². The lowest BCUT2D eigenvalue weighted by atomic mass is 10.3. The highest BCUT2D eigenvalue weighted by molar-refractivity contribution is 6.35. The monoisotopic (exact) mass is 538 g/mol. The third-order valence-corrected chi connectivity index (χ3v) is 6.38. The van der Waals surface area contributed by atoms with Crippen LogP contribution in [0.2, 0.25) is 5.02 Å². The summed E-state index contributed by atoms with van der Waals surface area (Å²) < 4.78 is 32.8. The number of rotatable bonds is 10. The van der Waals surface area contributed by atoms with E-state index in [9.17, 15) is 23.7 Å². The summed E-state index contributed by atoms with van der Waals surface area (Å²) >= 11 is 6.26. The van der Waals surface area contributed by atoms with Crippen molar-refractivity contribution in [2.75, 3.05) is 43.4 Å². The Morgan fingerprint density at radius 2 is 2.14 bits per heavy atom. The molecule has 2 aliphatic rings. The predicted octanol–water partition coefficient (Wildman–Crippen LogP) is 2.90. The van der Waals surface area contributed by atoms with Crippen LogP contribution in [0.5, 0.6) is 5.75 Å². The summed E-state index contributed by atoms with van der Waals surface area (Å²) in [5.41, 5.74) is 5.88. The number of aromatic nitrogens is 3. The molecule has 0 bridgehead atoms. The van der Waals surface area contributed by atoms with Crippen molar-refractivity contribution in [1.29, 1.82) is 0 Å². The molecule has 0 atom stereocenters. The lowest BCUT2D eigenvalue weighted by molar-refractivity contribution is -0.388. The zero-order valence-corrected chi connectivity index (χ0v) is 20.6. The molecular formula is C22H25ClF2N8O4. The van der Waals surface area contributed by atoms with Crippen LogP contribution in [0.1, 0.15) is 25.0 Å². The molecule has 2 aromatic rings. The van der Waals surface area contributed by atoms with Gasteiger partial charge in [0.1, 0.15) is 10.7 Å². The molecule has 3 heterocycles. The van der Waals surface area contributed by atoms with Crippen LogP contribution in [0.4, 0.5) is 26.1 Å². The predicted molar refractivity (Wildman–Crippen MR) is 131 cm³/mol. The molecule has 3 N–H and O–H groups in total. The first kappa shape index (κ1) is 26.4. The number of halogens is 3. The second-order valence-electron chi connectivity index (χ2n) is 8.68. The average molecular weight is 539 g/mol. The number of pyridine rings is 1. The number of anilines is 2. The molecule has 4 rings (SSSR count). The minimum Gasteiger partial charge on any atom is -0.448 e. The van der Waals surface area contributed by atoms with E-state index in [1.165, 1.54) is 24.3 Å². The molecule has 0 aromatic carbocycles. The molecule has 198 valence electrons. The molecule has 1 amide bonds. The first-order valence-electron chi connectivity index (χ1n) is 11.5. The van der Waals surface area contributed by atoms with Gasteiger partial charge < -0.3 is 25.9 Å². The van der Waals surface area contributed by atoms with Crippen LogP contribution >= 0.6 is 11.6 Å². The van der Waals surface area contributed by atoms with Crippen molar-refractivity contribution in [3.05, 3.63) is 45.6 Å². The van der Waals surface area contributed by atoms with Crippen molar-refractivity contribution in [3.63, 3.8) is 0 Å². The van der Waals surface area contributed by atoms with Crippen molar-refractivity contribution >= 4 is 40.6 Å². The quantitative estimate of drug-likeness (QED) is 0.262. The normalized spacial score (nSPS) is 17.5. The van der Waals surface area contributed by atoms with Crippen molar-refractivity contribution in [2.45, 2.75) is 25.2 Å². The van der Waals surface area contributed by atoms with E-state index in [2.05, 4.69) is 20.3 Å². The highest BCUT2D eigenvalue weighted by Crippen LogP contribution is 2.38. The Kier molecular flexibility index (Phi) is 7.68. The summed E-state index contributed by atoms with van der Waals surface area (Å²) in [4.78, 5) is 38.9. The number of alkyl halides is 2. The minimum absolute atomic E-state index is 0.00727. The van der Waals surface area contributed by atoms with Gasteiger partial charge in [0.2, 0.25) is 5.91 Å².